The molecule has 0 heterocycles. The van der Waals surface area contributed by atoms with E-state index >= 15 is 0 Å². The maximum atomic E-state index is 13.1. The maximum Gasteiger partial charge on any atom is 0.261 e. The molecule has 0 saturated heterocycles. The van der Waals surface area contributed by atoms with Crippen molar-refractivity contribution in [1.29, 1.82) is 0 Å². The Bertz CT molecular complexity index is 837. The van der Waals surface area contributed by atoms with E-state index in [0.717, 1.165) is 12.0 Å². The largest absolute Gasteiger partial charge is 0.484 e. The molecule has 6 heteroatoms. The summed E-state index contributed by atoms with van der Waals surface area (Å²) in [5.74, 6) is 0.179. The Morgan fingerprint density at radius 2 is 1.73 bits per heavy atom. The average molecular weight is 431 g/mol. The van der Waals surface area contributed by atoms with Crippen molar-refractivity contribution in [3.63, 3.8) is 0 Å². The molecule has 1 N–H and O–H groups in total. The predicted molar refractivity (Wildman–Crippen MR) is 121 cm³/mol. The van der Waals surface area contributed by atoms with Crippen LogP contribution in [-0.4, -0.2) is 35.4 Å². The Morgan fingerprint density at radius 3 is 2.30 bits per heavy atom. The van der Waals surface area contributed by atoms with Gasteiger partial charge in [0.2, 0.25) is 5.91 Å². The highest BCUT2D eigenvalue weighted by atomic mass is 35.5. The monoisotopic (exact) mass is 430 g/mol. The fourth-order valence-electron chi connectivity index (χ4n) is 3.16. The Kier molecular flexibility index (Phi) is 9.18. The zero-order valence-electron chi connectivity index (χ0n) is 18.2. The number of nitrogens with one attached hydrogen (secondary N) is 1. The first kappa shape index (κ1) is 23.7. The molecule has 1 atom stereocenters. The first-order valence-corrected chi connectivity index (χ1v) is 10.8. The van der Waals surface area contributed by atoms with Gasteiger partial charge in [0, 0.05) is 17.6 Å². The lowest BCUT2D eigenvalue weighted by Gasteiger charge is -2.31. The summed E-state index contributed by atoms with van der Waals surface area (Å²) in [5.41, 5.74) is 1.99. The summed E-state index contributed by atoms with van der Waals surface area (Å²) in [5, 5.41) is 3.47. The molecule has 2 aromatic rings. The molecule has 0 spiro atoms. The van der Waals surface area contributed by atoms with Crippen LogP contribution in [0, 0.1) is 0 Å². The van der Waals surface area contributed by atoms with E-state index in [1.807, 2.05) is 63.2 Å². The van der Waals surface area contributed by atoms with Gasteiger partial charge in [-0.1, -0.05) is 55.8 Å². The third-order valence-electron chi connectivity index (χ3n) is 4.81. The van der Waals surface area contributed by atoms with Gasteiger partial charge in [0.05, 0.1) is 0 Å². The molecule has 162 valence electrons. The predicted octanol–water partition coefficient (Wildman–Crippen LogP) is 4.61. The second kappa shape index (κ2) is 11.6. The third-order valence-corrected chi connectivity index (χ3v) is 5.18. The molecule has 5 nitrogen and oxygen atoms in total. The molecule has 30 heavy (non-hydrogen) atoms. The summed E-state index contributed by atoms with van der Waals surface area (Å²) in [7, 11) is 0. The van der Waals surface area contributed by atoms with E-state index < -0.39 is 6.04 Å². The molecular formula is C24H31ClN2O3. The Morgan fingerprint density at radius 1 is 1.07 bits per heavy atom. The van der Waals surface area contributed by atoms with E-state index in [0.29, 0.717) is 17.2 Å². The zero-order chi connectivity index (χ0) is 22.1. The quantitative estimate of drug-likeness (QED) is 0.598. The van der Waals surface area contributed by atoms with E-state index in [1.165, 1.54) is 5.56 Å². The Labute approximate surface area is 184 Å². The number of amides is 2. The molecular weight excluding hydrogens is 400 g/mol. The third kappa shape index (κ3) is 6.77. The lowest BCUT2D eigenvalue weighted by Crippen LogP contribution is -2.51. The summed E-state index contributed by atoms with van der Waals surface area (Å²) < 4.78 is 5.72. The molecule has 0 unspecified atom stereocenters. The van der Waals surface area contributed by atoms with Gasteiger partial charge in [-0.05, 0) is 56.0 Å². The van der Waals surface area contributed by atoms with E-state index in [2.05, 4.69) is 12.2 Å². The number of rotatable bonds is 10. The highest BCUT2D eigenvalue weighted by Gasteiger charge is 2.29. The van der Waals surface area contributed by atoms with Gasteiger partial charge >= 0.3 is 0 Å². The molecule has 0 radical (unpaired) electrons. The fraction of sp³-hybridized carbons (Fsp3) is 0.417. The van der Waals surface area contributed by atoms with Crippen molar-refractivity contribution in [2.24, 2.45) is 0 Å². The van der Waals surface area contributed by atoms with Gasteiger partial charge in [0.25, 0.3) is 5.91 Å². The number of halogens is 1. The van der Waals surface area contributed by atoms with Gasteiger partial charge in [-0.3, -0.25) is 9.59 Å². The molecule has 0 fully saturated rings. The minimum absolute atomic E-state index is 0.0165. The van der Waals surface area contributed by atoms with E-state index in [4.69, 9.17) is 16.3 Å². The van der Waals surface area contributed by atoms with Gasteiger partial charge in [-0.25, -0.2) is 0 Å². The van der Waals surface area contributed by atoms with E-state index in [-0.39, 0.29) is 31.0 Å². The van der Waals surface area contributed by atoms with Crippen molar-refractivity contribution in [1.82, 2.24) is 10.2 Å². The summed E-state index contributed by atoms with van der Waals surface area (Å²) in [6.07, 6.45) is 1.42. The maximum absolute atomic E-state index is 13.1. The van der Waals surface area contributed by atoms with Crippen LogP contribution in [-0.2, 0) is 22.6 Å². The van der Waals surface area contributed by atoms with Crippen LogP contribution in [0.2, 0.25) is 5.02 Å². The van der Waals surface area contributed by atoms with Crippen molar-refractivity contribution in [3.05, 3.63) is 64.7 Å². The lowest BCUT2D eigenvalue weighted by molar-refractivity contribution is -0.143. The van der Waals surface area contributed by atoms with Gasteiger partial charge in [0.15, 0.2) is 6.61 Å². The van der Waals surface area contributed by atoms with Crippen molar-refractivity contribution in [2.45, 2.75) is 59.2 Å². The normalized spacial score (nSPS) is 11.8. The first-order chi connectivity index (χ1) is 14.3. The van der Waals surface area contributed by atoms with Gasteiger partial charge in [-0.15, -0.1) is 0 Å². The molecule has 0 aliphatic heterocycles. The highest BCUT2D eigenvalue weighted by Crippen LogP contribution is 2.20. The average Bonchev–Trinajstić information content (AvgIpc) is 2.73. The molecule has 0 bridgehead atoms. The SMILES string of the molecule is CCc1ccc(OCC(=O)N(Cc2ccccc2Cl)[C@@H](CC)C(=O)NC(C)C)cc1. The van der Waals surface area contributed by atoms with Crippen LogP contribution < -0.4 is 10.1 Å². The molecule has 0 aliphatic carbocycles. The topological polar surface area (TPSA) is 58.6 Å². The highest BCUT2D eigenvalue weighted by molar-refractivity contribution is 6.31. The summed E-state index contributed by atoms with van der Waals surface area (Å²) in [6.45, 7) is 7.85. The summed E-state index contributed by atoms with van der Waals surface area (Å²) >= 11 is 6.32. The van der Waals surface area contributed by atoms with Crippen LogP contribution in [0.5, 0.6) is 5.75 Å². The number of hydrogen-bond acceptors (Lipinski definition) is 3. The van der Waals surface area contributed by atoms with Crippen LogP contribution in [0.25, 0.3) is 0 Å². The fourth-order valence-corrected chi connectivity index (χ4v) is 3.36. The van der Waals surface area contributed by atoms with Crippen molar-refractivity contribution in [2.75, 3.05) is 6.61 Å². The smallest absolute Gasteiger partial charge is 0.261 e. The molecule has 2 amide bonds. The van der Waals surface area contributed by atoms with Crippen LogP contribution in [0.15, 0.2) is 48.5 Å². The Hall–Kier alpha value is -2.53. The number of carbonyl (C=O) groups is 2. The molecule has 0 saturated carbocycles. The van der Waals surface area contributed by atoms with Gasteiger partial charge in [-0.2, -0.15) is 0 Å². The second-order valence-electron chi connectivity index (χ2n) is 7.49. The minimum Gasteiger partial charge on any atom is -0.484 e. The van der Waals surface area contributed by atoms with Crippen molar-refractivity contribution in [3.8, 4) is 5.75 Å². The molecule has 2 rings (SSSR count). The number of benzene rings is 2. The van der Waals surface area contributed by atoms with E-state index in [9.17, 15) is 9.59 Å². The molecule has 0 aromatic heterocycles. The standard InChI is InChI=1S/C24H31ClN2O3/c1-5-18-11-13-20(14-12-18)30-16-23(28)27(15-19-9-7-8-10-21(19)25)22(6-2)24(29)26-17(3)4/h7-14,17,22H,5-6,15-16H2,1-4H3,(H,26,29)/t22-/m0/s1. The van der Waals surface area contributed by atoms with Gasteiger partial charge in [0.1, 0.15) is 11.8 Å². The number of carbonyl (C=O) groups excluding carboxylic acids is 2. The van der Waals surface area contributed by atoms with Crippen LogP contribution >= 0.6 is 11.6 Å². The number of aryl methyl sites for hydroxylation is 1. The second-order valence-corrected chi connectivity index (χ2v) is 7.89. The zero-order valence-corrected chi connectivity index (χ0v) is 18.9. The van der Waals surface area contributed by atoms with Crippen LogP contribution in [0.3, 0.4) is 0 Å². The first-order valence-electron chi connectivity index (χ1n) is 10.4. The minimum atomic E-state index is -0.609. The van der Waals surface area contributed by atoms with Crippen molar-refractivity contribution < 1.29 is 14.3 Å². The number of ether oxygens (including phenoxy) is 1. The lowest BCUT2D eigenvalue weighted by atomic mass is 10.1. The van der Waals surface area contributed by atoms with Crippen LogP contribution in [0.1, 0.15) is 45.2 Å². The van der Waals surface area contributed by atoms with Crippen molar-refractivity contribution >= 4 is 23.4 Å². The molecule has 0 aliphatic rings. The number of hydrogen-bond donors (Lipinski definition) is 1. The van der Waals surface area contributed by atoms with Gasteiger partial charge < -0.3 is 15.0 Å². The van der Waals surface area contributed by atoms with Crippen LogP contribution in [0.4, 0.5) is 0 Å². The number of nitrogens with zero attached hydrogens (tertiary/aromatic N) is 1. The summed E-state index contributed by atoms with van der Waals surface area (Å²) in [4.78, 5) is 27.5. The molecule has 2 aromatic carbocycles. The van der Waals surface area contributed by atoms with E-state index in [1.54, 1.807) is 11.0 Å². The Balaban J connectivity index is 2.20. The summed E-state index contributed by atoms with van der Waals surface area (Å²) in [6, 6.07) is 14.4.